The zero-order chi connectivity index (χ0) is 19.3. The lowest BCUT2D eigenvalue weighted by Gasteiger charge is -2.27. The molecule has 9 heteroatoms. The van der Waals surface area contributed by atoms with E-state index in [9.17, 15) is 9.59 Å². The Kier molecular flexibility index (Phi) is 7.57. The third kappa shape index (κ3) is 5.12. The number of fused-ring (bicyclic) bond motifs is 1. The Morgan fingerprint density at radius 1 is 1.14 bits per heavy atom. The topological polar surface area (TPSA) is 83.1 Å². The zero-order valence-corrected chi connectivity index (χ0v) is 17.3. The highest BCUT2D eigenvalue weighted by Gasteiger charge is 2.37. The maximum absolute atomic E-state index is 12.8. The molecule has 8 nitrogen and oxygen atoms in total. The van der Waals surface area contributed by atoms with Gasteiger partial charge in [0.1, 0.15) is 19.1 Å². The molecular formula is C20H29ClN4O4. The molecule has 0 spiro atoms. The number of amides is 2. The Balaban J connectivity index is 0.00000240. The number of hydrogen-bond acceptors (Lipinski definition) is 6. The van der Waals surface area contributed by atoms with Gasteiger partial charge in [0, 0.05) is 51.0 Å². The number of rotatable bonds is 6. The van der Waals surface area contributed by atoms with Gasteiger partial charge in [-0.25, -0.2) is 0 Å². The van der Waals surface area contributed by atoms with Crippen LogP contribution >= 0.6 is 12.4 Å². The number of anilines is 1. The fraction of sp³-hybridized carbons (Fsp3) is 0.600. The Hall–Kier alpha value is -2.03. The smallest absolute Gasteiger partial charge is 0.239 e. The molecule has 160 valence electrons. The number of benzene rings is 1. The summed E-state index contributed by atoms with van der Waals surface area (Å²) in [6.07, 6.45) is 1.44. The lowest BCUT2D eigenvalue weighted by atomic mass is 10.1. The van der Waals surface area contributed by atoms with Crippen molar-refractivity contribution in [2.75, 3.05) is 63.9 Å². The number of halogens is 1. The van der Waals surface area contributed by atoms with Crippen LogP contribution < -0.4 is 25.0 Å². The minimum atomic E-state index is -0.604. The first-order chi connectivity index (χ1) is 13.7. The first-order valence-electron chi connectivity index (χ1n) is 10.1. The lowest BCUT2D eigenvalue weighted by molar-refractivity contribution is -0.132. The van der Waals surface area contributed by atoms with Crippen LogP contribution in [0.25, 0.3) is 0 Å². The molecule has 1 atom stereocenters. The summed E-state index contributed by atoms with van der Waals surface area (Å²) in [4.78, 5) is 29.3. The molecule has 2 amide bonds. The van der Waals surface area contributed by atoms with Crippen LogP contribution in [0.2, 0.25) is 0 Å². The Bertz CT molecular complexity index is 726. The van der Waals surface area contributed by atoms with Crippen molar-refractivity contribution in [2.24, 2.45) is 5.92 Å². The first kappa shape index (κ1) is 21.7. The van der Waals surface area contributed by atoms with E-state index in [-0.39, 0.29) is 24.2 Å². The van der Waals surface area contributed by atoms with Gasteiger partial charge in [-0.05, 0) is 31.5 Å². The highest BCUT2D eigenvalue weighted by Crippen LogP contribution is 2.36. The van der Waals surface area contributed by atoms with Crippen molar-refractivity contribution < 1.29 is 19.1 Å². The molecular weight excluding hydrogens is 396 g/mol. The molecule has 3 aliphatic heterocycles. The van der Waals surface area contributed by atoms with Gasteiger partial charge < -0.3 is 29.9 Å². The molecule has 2 saturated heterocycles. The van der Waals surface area contributed by atoms with Gasteiger partial charge in [-0.1, -0.05) is 0 Å². The molecule has 1 aromatic carbocycles. The predicted octanol–water partition coefficient (Wildman–Crippen LogP) is 0.644. The second kappa shape index (κ2) is 10.1. The highest BCUT2D eigenvalue weighted by molar-refractivity contribution is 6.09. The quantitative estimate of drug-likeness (QED) is 0.515. The van der Waals surface area contributed by atoms with Gasteiger partial charge in [0.25, 0.3) is 0 Å². The second-order valence-electron chi connectivity index (χ2n) is 7.40. The van der Waals surface area contributed by atoms with E-state index in [0.717, 1.165) is 44.8 Å². The largest absolute Gasteiger partial charge is 0.486 e. The van der Waals surface area contributed by atoms with E-state index in [2.05, 4.69) is 15.5 Å². The van der Waals surface area contributed by atoms with Crippen LogP contribution in [-0.2, 0) is 9.59 Å². The molecule has 1 aromatic rings. The lowest BCUT2D eigenvalue weighted by Crippen LogP contribution is -2.44. The minimum Gasteiger partial charge on any atom is -0.486 e. The number of hydrogen-bond donors (Lipinski definition) is 2. The van der Waals surface area contributed by atoms with Crippen LogP contribution in [0.5, 0.6) is 11.5 Å². The van der Waals surface area contributed by atoms with E-state index < -0.39 is 5.92 Å². The van der Waals surface area contributed by atoms with E-state index in [1.165, 1.54) is 0 Å². The fourth-order valence-electron chi connectivity index (χ4n) is 3.95. The average molecular weight is 425 g/mol. The number of carbonyl (C=O) groups excluding carboxylic acids is 2. The number of nitrogens with zero attached hydrogens (tertiary/aromatic N) is 2. The molecule has 3 heterocycles. The number of piperazine rings is 1. The molecule has 1 unspecified atom stereocenters. The maximum Gasteiger partial charge on any atom is 0.239 e. The Labute approximate surface area is 177 Å². The monoisotopic (exact) mass is 424 g/mol. The van der Waals surface area contributed by atoms with E-state index in [1.54, 1.807) is 4.90 Å². The SMILES string of the molecule is Cl.O=C(NCCCN1CCNCC1)C1CCN(c2ccc3c(c2)OCCO3)C1=O. The summed E-state index contributed by atoms with van der Waals surface area (Å²) in [7, 11) is 0. The third-order valence-corrected chi connectivity index (χ3v) is 5.52. The summed E-state index contributed by atoms with van der Waals surface area (Å²) in [5.41, 5.74) is 0.753. The van der Waals surface area contributed by atoms with Gasteiger partial charge in [0.05, 0.1) is 0 Å². The minimum absolute atomic E-state index is 0. The molecule has 2 fully saturated rings. The normalized spacial score (nSPS) is 21.6. The molecule has 0 radical (unpaired) electrons. The van der Waals surface area contributed by atoms with Crippen molar-refractivity contribution in [1.29, 1.82) is 0 Å². The molecule has 0 saturated carbocycles. The molecule has 0 bridgehead atoms. The van der Waals surface area contributed by atoms with Gasteiger partial charge in [-0.15, -0.1) is 12.4 Å². The summed E-state index contributed by atoms with van der Waals surface area (Å²) in [5, 5.41) is 6.27. The van der Waals surface area contributed by atoms with Gasteiger partial charge in [0.15, 0.2) is 11.5 Å². The summed E-state index contributed by atoms with van der Waals surface area (Å²) in [6, 6.07) is 5.49. The van der Waals surface area contributed by atoms with Crippen molar-refractivity contribution in [1.82, 2.24) is 15.5 Å². The van der Waals surface area contributed by atoms with E-state index >= 15 is 0 Å². The predicted molar refractivity (Wildman–Crippen MR) is 112 cm³/mol. The van der Waals surface area contributed by atoms with Crippen molar-refractivity contribution in [3.05, 3.63) is 18.2 Å². The molecule has 2 N–H and O–H groups in total. The number of ether oxygens (including phenoxy) is 2. The van der Waals surface area contributed by atoms with Gasteiger partial charge in [-0.2, -0.15) is 0 Å². The van der Waals surface area contributed by atoms with Crippen molar-refractivity contribution in [2.45, 2.75) is 12.8 Å². The van der Waals surface area contributed by atoms with Gasteiger partial charge >= 0.3 is 0 Å². The molecule has 3 aliphatic rings. The van der Waals surface area contributed by atoms with Crippen LogP contribution in [0.1, 0.15) is 12.8 Å². The summed E-state index contributed by atoms with van der Waals surface area (Å²) in [5.74, 6) is 0.437. The third-order valence-electron chi connectivity index (χ3n) is 5.52. The van der Waals surface area contributed by atoms with Crippen molar-refractivity contribution in [3.63, 3.8) is 0 Å². The van der Waals surface area contributed by atoms with Crippen LogP contribution in [0.4, 0.5) is 5.69 Å². The number of carbonyl (C=O) groups is 2. The van der Waals surface area contributed by atoms with Crippen LogP contribution in [0.15, 0.2) is 18.2 Å². The van der Waals surface area contributed by atoms with Crippen LogP contribution in [0, 0.1) is 5.92 Å². The zero-order valence-electron chi connectivity index (χ0n) is 16.5. The fourth-order valence-corrected chi connectivity index (χ4v) is 3.95. The molecule has 29 heavy (non-hydrogen) atoms. The van der Waals surface area contributed by atoms with Gasteiger partial charge in [0.2, 0.25) is 11.8 Å². The van der Waals surface area contributed by atoms with E-state index in [1.807, 2.05) is 18.2 Å². The standard InChI is InChI=1S/C20H28N4O4.ClH/c25-19(22-5-1-8-23-10-6-21-7-11-23)16-4-9-24(20(16)26)15-2-3-17-18(14-15)28-13-12-27-17;/h2-3,14,16,21H,1,4-13H2,(H,22,25);1H. The van der Waals surface area contributed by atoms with E-state index in [0.29, 0.717) is 44.2 Å². The summed E-state index contributed by atoms with van der Waals surface area (Å²) < 4.78 is 11.1. The van der Waals surface area contributed by atoms with Crippen LogP contribution in [-0.4, -0.2) is 75.7 Å². The van der Waals surface area contributed by atoms with E-state index in [4.69, 9.17) is 9.47 Å². The molecule has 0 aromatic heterocycles. The maximum atomic E-state index is 12.8. The Morgan fingerprint density at radius 2 is 1.90 bits per heavy atom. The molecule has 0 aliphatic carbocycles. The molecule has 4 rings (SSSR count). The highest BCUT2D eigenvalue weighted by atomic mass is 35.5. The van der Waals surface area contributed by atoms with Crippen molar-refractivity contribution in [3.8, 4) is 11.5 Å². The average Bonchev–Trinajstić information content (AvgIpc) is 3.13. The first-order valence-corrected chi connectivity index (χ1v) is 10.1. The van der Waals surface area contributed by atoms with Crippen molar-refractivity contribution >= 4 is 29.9 Å². The Morgan fingerprint density at radius 3 is 2.69 bits per heavy atom. The summed E-state index contributed by atoms with van der Waals surface area (Å²) >= 11 is 0. The second-order valence-corrected chi connectivity index (χ2v) is 7.40. The summed E-state index contributed by atoms with van der Waals surface area (Å²) in [6.45, 7) is 7.32. The number of nitrogens with one attached hydrogen (secondary N) is 2. The van der Waals surface area contributed by atoms with Crippen LogP contribution in [0.3, 0.4) is 0 Å². The van der Waals surface area contributed by atoms with Gasteiger partial charge in [-0.3, -0.25) is 9.59 Å².